The molecule has 96 valence electrons. The molecule has 0 saturated heterocycles. The highest BCUT2D eigenvalue weighted by atomic mass is 15.4. The van der Waals surface area contributed by atoms with Gasteiger partial charge in [0.1, 0.15) is 5.82 Å². The first-order chi connectivity index (χ1) is 8.69. The van der Waals surface area contributed by atoms with Gasteiger partial charge < -0.3 is 5.73 Å². The second kappa shape index (κ2) is 5.22. The van der Waals surface area contributed by atoms with Gasteiger partial charge in [-0.25, -0.2) is 15.0 Å². The first-order valence-electron chi connectivity index (χ1n) is 6.17. The molecular weight excluding hydrogens is 228 g/mol. The van der Waals surface area contributed by atoms with Crippen molar-refractivity contribution in [2.45, 2.75) is 40.2 Å². The molecule has 0 spiro atoms. The molecule has 0 saturated carbocycles. The molecule has 0 radical (unpaired) electrons. The number of aromatic nitrogens is 5. The molecule has 0 atom stereocenters. The first-order valence-corrected chi connectivity index (χ1v) is 6.17. The van der Waals surface area contributed by atoms with E-state index in [0.717, 1.165) is 35.7 Å². The maximum absolute atomic E-state index is 5.61. The maximum Gasteiger partial charge on any atom is 0.252 e. The number of nitrogens with two attached hydrogens (primary N) is 1. The normalized spacial score (nSPS) is 10.9. The van der Waals surface area contributed by atoms with Crippen molar-refractivity contribution in [1.82, 2.24) is 24.7 Å². The molecule has 0 aliphatic heterocycles. The van der Waals surface area contributed by atoms with E-state index in [2.05, 4.69) is 20.1 Å². The van der Waals surface area contributed by atoms with Gasteiger partial charge in [0.05, 0.1) is 0 Å². The molecule has 2 N–H and O–H groups in total. The van der Waals surface area contributed by atoms with E-state index in [0.29, 0.717) is 12.5 Å². The summed E-state index contributed by atoms with van der Waals surface area (Å²) in [7, 11) is 0. The summed E-state index contributed by atoms with van der Waals surface area (Å²) < 4.78 is 1.71. The average Bonchev–Trinajstić information content (AvgIpc) is 2.82. The molecule has 6 nitrogen and oxygen atoms in total. The van der Waals surface area contributed by atoms with Gasteiger partial charge in [0.25, 0.3) is 5.95 Å². The van der Waals surface area contributed by atoms with Gasteiger partial charge >= 0.3 is 0 Å². The Morgan fingerprint density at radius 1 is 1.22 bits per heavy atom. The Kier molecular flexibility index (Phi) is 3.66. The molecule has 2 heterocycles. The topological polar surface area (TPSA) is 82.5 Å². The van der Waals surface area contributed by atoms with Crippen LogP contribution in [0.2, 0.25) is 0 Å². The molecule has 0 fully saturated rings. The summed E-state index contributed by atoms with van der Waals surface area (Å²) in [4.78, 5) is 13.2. The summed E-state index contributed by atoms with van der Waals surface area (Å²) >= 11 is 0. The zero-order chi connectivity index (χ0) is 13.1. The van der Waals surface area contributed by atoms with Crippen molar-refractivity contribution >= 4 is 0 Å². The molecule has 18 heavy (non-hydrogen) atoms. The zero-order valence-electron chi connectivity index (χ0n) is 11.0. The van der Waals surface area contributed by atoms with Gasteiger partial charge in [-0.15, -0.1) is 5.10 Å². The Morgan fingerprint density at radius 3 is 2.56 bits per heavy atom. The molecule has 0 aliphatic carbocycles. The number of aryl methyl sites for hydroxylation is 3. The Balaban J connectivity index is 2.47. The highest BCUT2D eigenvalue weighted by molar-refractivity contribution is 5.22. The Bertz CT molecular complexity index is 545. The van der Waals surface area contributed by atoms with Crippen LogP contribution < -0.4 is 5.73 Å². The molecule has 2 aromatic rings. The molecular formula is C12H18N6. The van der Waals surface area contributed by atoms with Crippen LogP contribution in [0.25, 0.3) is 5.95 Å². The van der Waals surface area contributed by atoms with Gasteiger partial charge in [-0.2, -0.15) is 4.68 Å². The lowest BCUT2D eigenvalue weighted by atomic mass is 10.2. The van der Waals surface area contributed by atoms with Crippen LogP contribution in [0.15, 0.2) is 6.20 Å². The van der Waals surface area contributed by atoms with Crippen molar-refractivity contribution in [2.24, 2.45) is 5.73 Å². The van der Waals surface area contributed by atoms with E-state index in [4.69, 9.17) is 5.73 Å². The van der Waals surface area contributed by atoms with Crippen molar-refractivity contribution in [2.75, 3.05) is 0 Å². The predicted octanol–water partition coefficient (Wildman–Crippen LogP) is 0.949. The molecule has 2 aromatic heterocycles. The van der Waals surface area contributed by atoms with Crippen LogP contribution in [0.4, 0.5) is 0 Å². The lowest BCUT2D eigenvalue weighted by Gasteiger charge is -2.05. The lowest BCUT2D eigenvalue weighted by Crippen LogP contribution is -2.10. The van der Waals surface area contributed by atoms with Crippen molar-refractivity contribution < 1.29 is 0 Å². The van der Waals surface area contributed by atoms with Crippen molar-refractivity contribution in [1.29, 1.82) is 0 Å². The van der Waals surface area contributed by atoms with Gasteiger partial charge in [0.2, 0.25) is 0 Å². The van der Waals surface area contributed by atoms with E-state index in [1.807, 2.05) is 20.8 Å². The van der Waals surface area contributed by atoms with E-state index < -0.39 is 0 Å². The van der Waals surface area contributed by atoms with Crippen LogP contribution in [-0.4, -0.2) is 24.7 Å². The van der Waals surface area contributed by atoms with Crippen LogP contribution in [0, 0.1) is 6.92 Å². The van der Waals surface area contributed by atoms with Crippen molar-refractivity contribution in [3.8, 4) is 5.95 Å². The fourth-order valence-electron chi connectivity index (χ4n) is 1.71. The maximum atomic E-state index is 5.61. The number of hydrogen-bond acceptors (Lipinski definition) is 5. The van der Waals surface area contributed by atoms with Gasteiger partial charge in [0.15, 0.2) is 5.82 Å². The van der Waals surface area contributed by atoms with Crippen LogP contribution in [0.3, 0.4) is 0 Å². The number of nitrogens with zero attached hydrogens (tertiary/aromatic N) is 5. The minimum atomic E-state index is 0.449. The molecule has 0 unspecified atom stereocenters. The van der Waals surface area contributed by atoms with Gasteiger partial charge in [0, 0.05) is 36.8 Å². The van der Waals surface area contributed by atoms with Crippen LogP contribution in [0.5, 0.6) is 0 Å². The quantitative estimate of drug-likeness (QED) is 0.868. The van der Waals surface area contributed by atoms with Gasteiger partial charge in [-0.05, 0) is 6.92 Å². The third-order valence-corrected chi connectivity index (χ3v) is 2.83. The molecule has 2 rings (SSSR count). The summed E-state index contributed by atoms with van der Waals surface area (Å²) in [5.74, 6) is 2.26. The van der Waals surface area contributed by atoms with E-state index in [1.54, 1.807) is 10.9 Å². The fraction of sp³-hybridized carbons (Fsp3) is 0.500. The second-order valence-corrected chi connectivity index (χ2v) is 4.05. The Hall–Kier alpha value is -1.82. The Morgan fingerprint density at radius 2 is 2.00 bits per heavy atom. The smallest absolute Gasteiger partial charge is 0.252 e. The van der Waals surface area contributed by atoms with Gasteiger partial charge in [-0.3, -0.25) is 0 Å². The molecule has 0 aliphatic rings. The second-order valence-electron chi connectivity index (χ2n) is 4.05. The summed E-state index contributed by atoms with van der Waals surface area (Å²) in [5.41, 5.74) is 7.44. The highest BCUT2D eigenvalue weighted by Gasteiger charge is 2.12. The summed E-state index contributed by atoms with van der Waals surface area (Å²) in [6, 6.07) is 0. The van der Waals surface area contributed by atoms with Crippen LogP contribution >= 0.6 is 0 Å². The Labute approximate surface area is 106 Å². The standard InChI is InChI=1S/C12H18N6/c1-4-10-16-11(5-2)18(17-10)12-14-7-9(6-13)8(3)15-12/h7H,4-6,13H2,1-3H3. The summed E-state index contributed by atoms with van der Waals surface area (Å²) in [6.45, 7) is 6.45. The zero-order valence-corrected chi connectivity index (χ0v) is 11.0. The minimum Gasteiger partial charge on any atom is -0.326 e. The fourth-order valence-corrected chi connectivity index (χ4v) is 1.71. The van der Waals surface area contributed by atoms with Crippen LogP contribution in [0.1, 0.15) is 36.8 Å². The SMILES string of the molecule is CCc1nc(CC)n(-c2ncc(CN)c(C)n2)n1. The van der Waals surface area contributed by atoms with E-state index in [1.165, 1.54) is 0 Å². The van der Waals surface area contributed by atoms with E-state index in [-0.39, 0.29) is 0 Å². The third-order valence-electron chi connectivity index (χ3n) is 2.83. The monoisotopic (exact) mass is 246 g/mol. The number of hydrogen-bond donors (Lipinski definition) is 1. The summed E-state index contributed by atoms with van der Waals surface area (Å²) in [6.07, 6.45) is 3.36. The van der Waals surface area contributed by atoms with E-state index >= 15 is 0 Å². The number of rotatable bonds is 4. The largest absolute Gasteiger partial charge is 0.326 e. The average molecular weight is 246 g/mol. The predicted molar refractivity (Wildman–Crippen MR) is 68.3 cm³/mol. The van der Waals surface area contributed by atoms with Gasteiger partial charge in [-0.1, -0.05) is 13.8 Å². The first kappa shape index (κ1) is 12.6. The minimum absolute atomic E-state index is 0.449. The molecule has 0 bridgehead atoms. The molecule has 6 heteroatoms. The van der Waals surface area contributed by atoms with Crippen molar-refractivity contribution in [3.63, 3.8) is 0 Å². The molecule has 0 amide bonds. The third kappa shape index (κ3) is 2.24. The lowest BCUT2D eigenvalue weighted by molar-refractivity contribution is 0.734. The highest BCUT2D eigenvalue weighted by Crippen LogP contribution is 2.09. The summed E-state index contributed by atoms with van der Waals surface area (Å²) in [5, 5.41) is 4.42. The van der Waals surface area contributed by atoms with Crippen LogP contribution in [-0.2, 0) is 19.4 Å². The van der Waals surface area contributed by atoms with Crippen molar-refractivity contribution in [3.05, 3.63) is 29.1 Å². The van der Waals surface area contributed by atoms with E-state index in [9.17, 15) is 0 Å². The molecule has 0 aromatic carbocycles.